The summed E-state index contributed by atoms with van der Waals surface area (Å²) < 4.78 is 6.24. The molecule has 0 aliphatic heterocycles. The molecule has 0 bridgehead atoms. The molecule has 0 aliphatic carbocycles. The number of hydrogen-bond acceptors (Lipinski definition) is 4. The van der Waals surface area contributed by atoms with Crippen LogP contribution in [-0.2, 0) is 21.1 Å². The first kappa shape index (κ1) is 24.7. The molecule has 0 amide bonds. The Balaban J connectivity index is 0.00000280. The number of phenolic OH excluding ortho intramolecular Hbond substituents is 1. The van der Waals surface area contributed by atoms with E-state index in [0.29, 0.717) is 17.0 Å². The number of oxazole rings is 1. The van der Waals surface area contributed by atoms with Gasteiger partial charge in [-0.3, -0.25) is 4.98 Å². The number of aromatic hydroxyl groups is 1. The number of nitrogens with zero attached hydrogens (tertiary/aromatic N) is 2. The third-order valence-electron chi connectivity index (χ3n) is 6.50. The second kappa shape index (κ2) is 10.5. The number of benzene rings is 4. The molecule has 6 rings (SSSR count). The van der Waals surface area contributed by atoms with E-state index in [0.717, 1.165) is 39.0 Å². The molecule has 5 heteroatoms. The minimum Gasteiger partial charge on any atom is -0.507 e. The summed E-state index contributed by atoms with van der Waals surface area (Å²) in [6.07, 6.45) is 1.78. The zero-order valence-electron chi connectivity index (χ0n) is 20.0. The van der Waals surface area contributed by atoms with E-state index in [1.54, 1.807) is 12.3 Å². The molecule has 2 aromatic heterocycles. The van der Waals surface area contributed by atoms with E-state index in [1.807, 2.05) is 84.9 Å². The van der Waals surface area contributed by atoms with Gasteiger partial charge in [0.2, 0.25) is 5.89 Å². The number of rotatable bonds is 5. The van der Waals surface area contributed by atoms with Crippen LogP contribution in [0.5, 0.6) is 5.75 Å². The van der Waals surface area contributed by atoms with Crippen molar-refractivity contribution in [3.63, 3.8) is 0 Å². The predicted octanol–water partition coefficient (Wildman–Crippen LogP) is 7.88. The van der Waals surface area contributed by atoms with Gasteiger partial charge in [-0.05, 0) is 29.3 Å². The summed E-state index contributed by atoms with van der Waals surface area (Å²) in [5.74, 6) is 0.590. The van der Waals surface area contributed by atoms with E-state index in [9.17, 15) is 5.11 Å². The fourth-order valence-electron chi connectivity index (χ4n) is 4.64. The first-order valence-electron chi connectivity index (χ1n) is 11.9. The molecule has 1 atom stereocenters. The minimum atomic E-state index is 0. The first-order chi connectivity index (χ1) is 17.7. The Hall–Kier alpha value is -4.01. The summed E-state index contributed by atoms with van der Waals surface area (Å²) in [7, 11) is 0. The predicted molar refractivity (Wildman–Crippen MR) is 143 cm³/mol. The van der Waals surface area contributed by atoms with Crippen LogP contribution >= 0.6 is 0 Å². The van der Waals surface area contributed by atoms with Crippen molar-refractivity contribution in [2.75, 3.05) is 0 Å². The third kappa shape index (κ3) is 4.73. The van der Waals surface area contributed by atoms with Crippen molar-refractivity contribution in [2.45, 2.75) is 12.8 Å². The number of pyridine rings is 1. The van der Waals surface area contributed by atoms with Crippen molar-refractivity contribution >= 4 is 11.1 Å². The van der Waals surface area contributed by atoms with Crippen molar-refractivity contribution in [3.8, 4) is 39.6 Å². The number of hydrogen-bond donors (Lipinski definition) is 1. The SMILES string of the molecule is CC(c1ccccc1)c1cccc(O)c1-c1nc2c(-c3[c-]c(-c4ccccn4)ccc3)cccc2o1.[Pt]. The molecule has 0 aliphatic rings. The molecule has 1 N–H and O–H groups in total. The van der Waals surface area contributed by atoms with Crippen LogP contribution in [0.4, 0.5) is 0 Å². The van der Waals surface area contributed by atoms with Crippen LogP contribution in [0.2, 0.25) is 0 Å². The van der Waals surface area contributed by atoms with Crippen LogP contribution in [0.3, 0.4) is 0 Å². The van der Waals surface area contributed by atoms with Crippen LogP contribution in [0.25, 0.3) is 44.9 Å². The molecule has 184 valence electrons. The summed E-state index contributed by atoms with van der Waals surface area (Å²) in [6.45, 7) is 2.12. The average molecular weight is 663 g/mol. The molecular formula is C32H23N2O2Pt-. The normalized spacial score (nSPS) is 11.7. The molecule has 0 fully saturated rings. The zero-order valence-corrected chi connectivity index (χ0v) is 22.3. The van der Waals surface area contributed by atoms with Gasteiger partial charge in [0, 0.05) is 38.9 Å². The van der Waals surface area contributed by atoms with Gasteiger partial charge in [-0.1, -0.05) is 84.8 Å². The van der Waals surface area contributed by atoms with Crippen molar-refractivity contribution in [1.82, 2.24) is 9.97 Å². The van der Waals surface area contributed by atoms with Crippen LogP contribution in [0.1, 0.15) is 24.0 Å². The van der Waals surface area contributed by atoms with Gasteiger partial charge in [-0.2, -0.15) is 0 Å². The fourth-order valence-corrected chi connectivity index (χ4v) is 4.64. The zero-order chi connectivity index (χ0) is 24.5. The van der Waals surface area contributed by atoms with Gasteiger partial charge in [0.1, 0.15) is 11.3 Å². The van der Waals surface area contributed by atoms with E-state index in [-0.39, 0.29) is 32.7 Å². The second-order valence-corrected chi connectivity index (χ2v) is 8.74. The van der Waals surface area contributed by atoms with E-state index >= 15 is 0 Å². The number of aromatic nitrogens is 2. The second-order valence-electron chi connectivity index (χ2n) is 8.74. The van der Waals surface area contributed by atoms with E-state index in [4.69, 9.17) is 9.40 Å². The monoisotopic (exact) mass is 662 g/mol. The quantitative estimate of drug-likeness (QED) is 0.191. The molecule has 2 heterocycles. The Bertz CT molecular complexity index is 1660. The van der Waals surface area contributed by atoms with E-state index < -0.39 is 0 Å². The fraction of sp³-hybridized carbons (Fsp3) is 0.0625. The van der Waals surface area contributed by atoms with Crippen molar-refractivity contribution in [1.29, 1.82) is 0 Å². The van der Waals surface area contributed by atoms with Crippen LogP contribution in [0.15, 0.2) is 114 Å². The van der Waals surface area contributed by atoms with E-state index in [2.05, 4.69) is 30.1 Å². The Morgan fingerprint density at radius 1 is 0.784 bits per heavy atom. The average Bonchev–Trinajstić information content (AvgIpc) is 3.37. The topological polar surface area (TPSA) is 59.2 Å². The summed E-state index contributed by atoms with van der Waals surface area (Å²) in [4.78, 5) is 9.35. The number of fused-ring (bicyclic) bond motifs is 1. The Kier molecular flexibility index (Phi) is 7.03. The standard InChI is InChI=1S/C32H23N2O2.Pt/c1-21(22-10-3-2-4-11-22)25-14-8-17-28(35)30(25)32-34-31-26(15-9-18-29(31)36-32)23-12-7-13-24(20-23)27-16-5-6-19-33-27;/h2-19,21,35H,1H3;/q-1;. The van der Waals surface area contributed by atoms with Crippen molar-refractivity contribution in [2.24, 2.45) is 0 Å². The molecule has 1 unspecified atom stereocenters. The Morgan fingerprint density at radius 3 is 2.35 bits per heavy atom. The van der Waals surface area contributed by atoms with Crippen molar-refractivity contribution < 1.29 is 30.6 Å². The molecule has 4 aromatic carbocycles. The smallest absolute Gasteiger partial charge is 0.230 e. The summed E-state index contributed by atoms with van der Waals surface area (Å²) in [5.41, 5.74) is 7.69. The molecule has 4 nitrogen and oxygen atoms in total. The minimum absolute atomic E-state index is 0. The Morgan fingerprint density at radius 2 is 1.54 bits per heavy atom. The van der Waals surface area contributed by atoms with Crippen LogP contribution < -0.4 is 0 Å². The third-order valence-corrected chi connectivity index (χ3v) is 6.50. The van der Waals surface area contributed by atoms with Gasteiger partial charge >= 0.3 is 0 Å². The van der Waals surface area contributed by atoms with E-state index in [1.165, 1.54) is 0 Å². The first-order valence-corrected chi connectivity index (χ1v) is 11.9. The number of phenols is 1. The molecular weight excluding hydrogens is 639 g/mol. The summed E-state index contributed by atoms with van der Waals surface area (Å²) in [5, 5.41) is 10.9. The molecule has 37 heavy (non-hydrogen) atoms. The van der Waals surface area contributed by atoms with Gasteiger partial charge in [-0.25, -0.2) is 4.98 Å². The maximum absolute atomic E-state index is 10.9. The Labute approximate surface area is 229 Å². The van der Waals surface area contributed by atoms with Gasteiger partial charge in [-0.15, -0.1) is 29.8 Å². The summed E-state index contributed by atoms with van der Waals surface area (Å²) >= 11 is 0. The molecule has 6 aromatic rings. The molecule has 0 spiro atoms. The van der Waals surface area contributed by atoms with Gasteiger partial charge in [0.25, 0.3) is 0 Å². The maximum atomic E-state index is 10.9. The van der Waals surface area contributed by atoms with Gasteiger partial charge in [0.05, 0.1) is 11.1 Å². The molecule has 0 radical (unpaired) electrons. The van der Waals surface area contributed by atoms with Crippen LogP contribution in [0, 0.1) is 6.07 Å². The van der Waals surface area contributed by atoms with Crippen molar-refractivity contribution in [3.05, 3.63) is 127 Å². The molecule has 0 saturated carbocycles. The van der Waals surface area contributed by atoms with Gasteiger partial charge in [0.15, 0.2) is 0 Å². The van der Waals surface area contributed by atoms with Gasteiger partial charge < -0.3 is 9.52 Å². The number of para-hydroxylation sites is 1. The van der Waals surface area contributed by atoms with Crippen LogP contribution in [-0.4, -0.2) is 15.1 Å². The largest absolute Gasteiger partial charge is 0.507 e. The summed E-state index contributed by atoms with van der Waals surface area (Å²) in [6, 6.07) is 37.0. The molecule has 0 saturated heterocycles. The maximum Gasteiger partial charge on any atom is 0.230 e.